The summed E-state index contributed by atoms with van der Waals surface area (Å²) in [6, 6.07) is 8.46. The number of fused-ring (bicyclic) bond motifs is 2. The van der Waals surface area contributed by atoms with Crippen molar-refractivity contribution in [3.63, 3.8) is 0 Å². The van der Waals surface area contributed by atoms with Gasteiger partial charge in [0.25, 0.3) is 0 Å². The largest absolute Gasteiger partial charge is 0.481 e. The molecule has 0 radical (unpaired) electrons. The quantitative estimate of drug-likeness (QED) is 0.570. The molecule has 3 heterocycles. The van der Waals surface area contributed by atoms with Gasteiger partial charge in [0.05, 0.1) is 11.0 Å². The average molecular weight is 513 g/mol. The molecule has 1 saturated carbocycles. The van der Waals surface area contributed by atoms with E-state index in [1.807, 2.05) is 6.07 Å². The van der Waals surface area contributed by atoms with Gasteiger partial charge in [-0.1, -0.05) is 6.07 Å². The Hall–Kier alpha value is -1.80. The minimum Gasteiger partial charge on any atom is -0.481 e. The summed E-state index contributed by atoms with van der Waals surface area (Å²) in [5.74, 6) is 1.73. The van der Waals surface area contributed by atoms with Gasteiger partial charge >= 0.3 is 5.97 Å². The van der Waals surface area contributed by atoms with Crippen molar-refractivity contribution in [1.29, 1.82) is 0 Å². The number of rotatable bonds is 4. The molecule has 9 heteroatoms. The molecule has 2 fully saturated rings. The predicted molar refractivity (Wildman–Crippen MR) is 138 cm³/mol. The van der Waals surface area contributed by atoms with Crippen molar-refractivity contribution < 1.29 is 14.6 Å². The lowest BCUT2D eigenvalue weighted by molar-refractivity contribution is -0.148. The zero-order chi connectivity index (χ0) is 21.8. The maximum atomic E-state index is 11.5. The number of aliphatic imine (C=N–C) groups is 1. The summed E-state index contributed by atoms with van der Waals surface area (Å²) in [5.41, 5.74) is 2.38. The summed E-state index contributed by atoms with van der Waals surface area (Å²) in [6.07, 6.45) is 2.53. The third kappa shape index (κ3) is 5.32. The van der Waals surface area contributed by atoms with E-state index in [4.69, 9.17) is 9.73 Å². The number of nitrogens with zero attached hydrogens (tertiary/aromatic N) is 3. The first-order chi connectivity index (χ1) is 14.8. The minimum atomic E-state index is -0.748. The van der Waals surface area contributed by atoms with E-state index >= 15 is 0 Å². The Morgan fingerprint density at radius 2 is 1.88 bits per heavy atom. The minimum absolute atomic E-state index is 0. The van der Waals surface area contributed by atoms with E-state index in [0.29, 0.717) is 12.5 Å². The van der Waals surface area contributed by atoms with Crippen molar-refractivity contribution in [3.05, 3.63) is 40.3 Å². The number of carbonyl (C=O) groups is 1. The molecule has 5 rings (SSSR count). The van der Waals surface area contributed by atoms with Crippen molar-refractivity contribution in [1.82, 2.24) is 9.80 Å². The first-order valence-electron chi connectivity index (χ1n) is 11.0. The van der Waals surface area contributed by atoms with E-state index in [1.165, 1.54) is 17.7 Å². The number of hydrogen-bond acceptors (Lipinski definition) is 6. The van der Waals surface area contributed by atoms with Crippen LogP contribution in [-0.2, 0) is 4.79 Å². The number of halogens is 2. The third-order valence-electron chi connectivity index (χ3n) is 6.35. The normalized spacial score (nSPS) is 18.0. The van der Waals surface area contributed by atoms with E-state index in [1.54, 1.807) is 25.2 Å². The summed E-state index contributed by atoms with van der Waals surface area (Å²) in [4.78, 5) is 22.6. The number of ether oxygens (including phenoxy) is 1. The van der Waals surface area contributed by atoms with Crippen LogP contribution in [0.25, 0.3) is 0 Å². The highest BCUT2D eigenvalue weighted by Crippen LogP contribution is 2.50. The highest BCUT2D eigenvalue weighted by atomic mass is 35.5. The zero-order valence-corrected chi connectivity index (χ0v) is 21.6. The highest BCUT2D eigenvalue weighted by Gasteiger charge is 2.34. The molecule has 1 N–H and O–H groups in total. The molecule has 0 bridgehead atoms. The molecule has 1 aliphatic carbocycles. The molecular formula is C24H31Cl2N3O3S. The van der Waals surface area contributed by atoms with Crippen LogP contribution in [0.4, 0.5) is 5.69 Å². The lowest BCUT2D eigenvalue weighted by Crippen LogP contribution is -2.51. The van der Waals surface area contributed by atoms with Crippen molar-refractivity contribution in [2.75, 3.05) is 32.7 Å². The third-order valence-corrected chi connectivity index (χ3v) is 7.53. The van der Waals surface area contributed by atoms with Crippen LogP contribution >= 0.6 is 36.2 Å². The Labute approximate surface area is 211 Å². The summed E-state index contributed by atoms with van der Waals surface area (Å²) in [6.45, 7) is 9.52. The van der Waals surface area contributed by atoms with Gasteiger partial charge in [-0.25, -0.2) is 4.99 Å². The molecule has 1 aromatic carbocycles. The summed E-state index contributed by atoms with van der Waals surface area (Å²) < 4.78 is 6.38. The summed E-state index contributed by atoms with van der Waals surface area (Å²) >= 11 is 1.76. The Kier molecular flexibility index (Phi) is 7.68. The lowest BCUT2D eigenvalue weighted by Gasteiger charge is -2.38. The van der Waals surface area contributed by atoms with Crippen LogP contribution in [0.1, 0.15) is 48.6 Å². The van der Waals surface area contributed by atoms with Gasteiger partial charge in [-0.15, -0.1) is 36.2 Å². The summed E-state index contributed by atoms with van der Waals surface area (Å²) in [5, 5.41) is 10.4. The van der Waals surface area contributed by atoms with Crippen LogP contribution in [0, 0.1) is 12.3 Å². The topological polar surface area (TPSA) is 65.4 Å². The molecule has 33 heavy (non-hydrogen) atoms. The van der Waals surface area contributed by atoms with Crippen molar-refractivity contribution >= 4 is 53.6 Å². The van der Waals surface area contributed by atoms with E-state index in [9.17, 15) is 9.90 Å². The molecule has 1 aromatic heterocycles. The molecule has 2 aromatic rings. The van der Waals surface area contributed by atoms with E-state index in [2.05, 4.69) is 34.9 Å². The molecule has 3 aliphatic rings. The maximum Gasteiger partial charge on any atom is 0.310 e. The van der Waals surface area contributed by atoms with Gasteiger partial charge in [-0.2, -0.15) is 0 Å². The van der Waals surface area contributed by atoms with Crippen LogP contribution in [0.5, 0.6) is 10.8 Å². The van der Waals surface area contributed by atoms with Crippen LogP contribution in [-0.4, -0.2) is 59.4 Å². The lowest BCUT2D eigenvalue weighted by atomic mass is 9.93. The predicted octanol–water partition coefficient (Wildman–Crippen LogP) is 5.69. The van der Waals surface area contributed by atoms with Crippen molar-refractivity contribution in [2.45, 2.75) is 39.5 Å². The maximum absolute atomic E-state index is 11.5. The first-order valence-corrected chi connectivity index (χ1v) is 11.8. The molecule has 1 saturated heterocycles. The van der Waals surface area contributed by atoms with Gasteiger partial charge in [0.1, 0.15) is 11.5 Å². The number of carboxylic acid groups (broad SMARTS) is 1. The summed E-state index contributed by atoms with van der Waals surface area (Å²) in [7, 11) is 0. The molecule has 0 atom stereocenters. The number of aryl methyl sites for hydroxylation is 1. The van der Waals surface area contributed by atoms with Gasteiger partial charge in [0, 0.05) is 37.6 Å². The number of thiophene rings is 1. The molecule has 180 valence electrons. The molecule has 2 aliphatic heterocycles. The van der Waals surface area contributed by atoms with Gasteiger partial charge < -0.3 is 14.7 Å². The second-order valence-electron chi connectivity index (χ2n) is 9.59. The molecule has 0 spiro atoms. The van der Waals surface area contributed by atoms with E-state index < -0.39 is 11.4 Å². The molecule has 0 unspecified atom stereocenters. The number of benzene rings is 1. The number of amidine groups is 1. The number of piperazine rings is 1. The monoisotopic (exact) mass is 511 g/mol. The fraction of sp³-hybridized carbons (Fsp3) is 0.500. The van der Waals surface area contributed by atoms with Crippen LogP contribution < -0.4 is 4.74 Å². The van der Waals surface area contributed by atoms with E-state index in [-0.39, 0.29) is 24.8 Å². The average Bonchev–Trinajstić information content (AvgIpc) is 3.51. The number of hydrogen-bond donors (Lipinski definition) is 1. The fourth-order valence-corrected chi connectivity index (χ4v) is 5.43. The van der Waals surface area contributed by atoms with Gasteiger partial charge in [0.2, 0.25) is 0 Å². The van der Waals surface area contributed by atoms with Gasteiger partial charge in [-0.05, 0) is 63.3 Å². The Morgan fingerprint density at radius 1 is 1.18 bits per heavy atom. The fourth-order valence-electron chi connectivity index (χ4n) is 4.25. The van der Waals surface area contributed by atoms with Crippen LogP contribution in [0.15, 0.2) is 29.3 Å². The Bertz CT molecular complexity index is 1060. The second kappa shape index (κ2) is 9.82. The Balaban J connectivity index is 0.00000153. The SMILES string of the molecule is Cc1ccc2c(c1)Oc1sc(C3CC3)cc1C(N1CCN(CC(C)(C)C(=O)O)CC1)=N2.Cl.Cl. The van der Waals surface area contributed by atoms with Crippen molar-refractivity contribution in [2.24, 2.45) is 10.4 Å². The second-order valence-corrected chi connectivity index (χ2v) is 10.6. The van der Waals surface area contributed by atoms with Gasteiger partial charge in [0.15, 0.2) is 10.8 Å². The number of carboxylic acids is 1. The smallest absolute Gasteiger partial charge is 0.310 e. The van der Waals surface area contributed by atoms with Gasteiger partial charge in [-0.3, -0.25) is 9.69 Å². The first kappa shape index (κ1) is 25.8. The standard InChI is InChI=1S/C24H29N3O3S.2ClH/c1-15-4-7-18-19(12-15)30-22-17(13-20(31-22)16-5-6-16)21(25-18)27-10-8-26(9-11-27)14-24(2,3)23(28)29;;/h4,7,12-13,16H,5-6,8-11,14H2,1-3H3,(H,28,29);2*1H. The molecule has 6 nitrogen and oxygen atoms in total. The molecular weight excluding hydrogens is 481 g/mol. The zero-order valence-electron chi connectivity index (χ0n) is 19.2. The highest BCUT2D eigenvalue weighted by molar-refractivity contribution is 7.14. The van der Waals surface area contributed by atoms with Crippen molar-refractivity contribution in [3.8, 4) is 10.8 Å². The molecule has 0 amide bonds. The van der Waals surface area contributed by atoms with E-state index in [0.717, 1.165) is 59.6 Å². The Morgan fingerprint density at radius 3 is 2.52 bits per heavy atom. The number of aliphatic carboxylic acids is 1. The van der Waals surface area contributed by atoms with Crippen LogP contribution in [0.2, 0.25) is 0 Å². The van der Waals surface area contributed by atoms with Crippen LogP contribution in [0.3, 0.4) is 0 Å².